The average molecular weight is 320 g/mol. The smallest absolute Gasteiger partial charge is 0.418 e. The van der Waals surface area contributed by atoms with Crippen molar-refractivity contribution < 1.29 is 22.7 Å². The van der Waals surface area contributed by atoms with E-state index in [1.165, 1.54) is 6.07 Å². The Balaban J connectivity index is 2.10. The summed E-state index contributed by atoms with van der Waals surface area (Å²) in [7, 11) is 0. The predicted molar refractivity (Wildman–Crippen MR) is 76.4 cm³/mol. The van der Waals surface area contributed by atoms with Gasteiger partial charge in [-0.2, -0.15) is 18.4 Å². The molecule has 0 aliphatic carbocycles. The molecule has 2 aromatic carbocycles. The molecule has 1 amide bonds. The van der Waals surface area contributed by atoms with Crippen molar-refractivity contribution in [3.63, 3.8) is 0 Å². The largest absolute Gasteiger partial charge is 0.444 e. The van der Waals surface area contributed by atoms with Gasteiger partial charge in [-0.1, -0.05) is 30.3 Å². The molecular formula is C16H11F3N2O2. The molecule has 0 bridgehead atoms. The summed E-state index contributed by atoms with van der Waals surface area (Å²) < 4.78 is 43.8. The highest BCUT2D eigenvalue weighted by molar-refractivity contribution is 5.86. The lowest BCUT2D eigenvalue weighted by Crippen LogP contribution is -2.17. The first-order valence-corrected chi connectivity index (χ1v) is 6.49. The minimum atomic E-state index is -4.70. The van der Waals surface area contributed by atoms with Gasteiger partial charge in [-0.3, -0.25) is 5.32 Å². The number of carbonyl (C=O) groups is 1. The third-order valence-electron chi connectivity index (χ3n) is 2.90. The third kappa shape index (κ3) is 4.48. The lowest BCUT2D eigenvalue weighted by molar-refractivity contribution is -0.136. The zero-order valence-electron chi connectivity index (χ0n) is 11.7. The molecule has 0 radical (unpaired) electrons. The van der Waals surface area contributed by atoms with Crippen molar-refractivity contribution in [2.24, 2.45) is 0 Å². The Morgan fingerprint density at radius 1 is 1.17 bits per heavy atom. The van der Waals surface area contributed by atoms with Gasteiger partial charge in [-0.25, -0.2) is 4.79 Å². The number of hydrogen-bond donors (Lipinski definition) is 1. The Morgan fingerprint density at radius 2 is 1.87 bits per heavy atom. The van der Waals surface area contributed by atoms with Crippen molar-refractivity contribution >= 4 is 11.8 Å². The molecule has 2 aromatic rings. The second kappa shape index (κ2) is 6.83. The van der Waals surface area contributed by atoms with Gasteiger partial charge in [0.15, 0.2) is 0 Å². The predicted octanol–water partition coefficient (Wildman–Crippen LogP) is 4.33. The summed E-state index contributed by atoms with van der Waals surface area (Å²) in [6.07, 6.45) is -5.71. The molecule has 0 unspecified atom stereocenters. The number of amides is 1. The molecule has 0 aliphatic heterocycles. The number of nitrogens with one attached hydrogen (secondary N) is 1. The van der Waals surface area contributed by atoms with E-state index in [2.05, 4.69) is 0 Å². The summed E-state index contributed by atoms with van der Waals surface area (Å²) in [6, 6.07) is 13.2. The monoisotopic (exact) mass is 320 g/mol. The van der Waals surface area contributed by atoms with Crippen LogP contribution in [0.15, 0.2) is 48.5 Å². The number of halogens is 3. The first-order chi connectivity index (χ1) is 10.9. The van der Waals surface area contributed by atoms with Gasteiger partial charge >= 0.3 is 12.3 Å². The molecule has 0 fully saturated rings. The van der Waals surface area contributed by atoms with Gasteiger partial charge in [0.2, 0.25) is 0 Å². The van der Waals surface area contributed by atoms with E-state index in [1.807, 2.05) is 5.32 Å². The first-order valence-electron chi connectivity index (χ1n) is 6.49. The number of benzene rings is 2. The minimum absolute atomic E-state index is 0.0652. The molecule has 0 aliphatic rings. The second-order valence-corrected chi connectivity index (χ2v) is 4.56. The number of carbonyl (C=O) groups excluding carboxylic acids is 1. The van der Waals surface area contributed by atoms with Crippen molar-refractivity contribution in [3.05, 3.63) is 65.2 Å². The number of nitriles is 1. The van der Waals surface area contributed by atoms with Crippen molar-refractivity contribution in [1.82, 2.24) is 0 Å². The molecule has 0 saturated carbocycles. The summed E-state index contributed by atoms with van der Waals surface area (Å²) in [4.78, 5) is 11.7. The Bertz CT molecular complexity index is 737. The van der Waals surface area contributed by atoms with E-state index in [1.54, 1.807) is 36.4 Å². The van der Waals surface area contributed by atoms with Crippen LogP contribution in [0.4, 0.5) is 23.7 Å². The fourth-order valence-corrected chi connectivity index (χ4v) is 1.83. The van der Waals surface area contributed by atoms with Gasteiger partial charge in [0.1, 0.15) is 6.61 Å². The van der Waals surface area contributed by atoms with Crippen molar-refractivity contribution in [2.75, 3.05) is 5.32 Å². The first kappa shape index (κ1) is 16.4. The molecule has 2 rings (SSSR count). The molecule has 23 heavy (non-hydrogen) atoms. The van der Waals surface area contributed by atoms with E-state index in [9.17, 15) is 18.0 Å². The van der Waals surface area contributed by atoms with E-state index in [4.69, 9.17) is 10.00 Å². The third-order valence-corrected chi connectivity index (χ3v) is 2.90. The molecule has 4 nitrogen and oxygen atoms in total. The van der Waals surface area contributed by atoms with E-state index in [-0.39, 0.29) is 12.2 Å². The van der Waals surface area contributed by atoms with E-state index in [0.717, 1.165) is 6.07 Å². The highest BCUT2D eigenvalue weighted by atomic mass is 19.4. The minimum Gasteiger partial charge on any atom is -0.444 e. The fraction of sp³-hybridized carbons (Fsp3) is 0.125. The quantitative estimate of drug-likeness (QED) is 0.916. The van der Waals surface area contributed by atoms with Crippen LogP contribution in [-0.2, 0) is 17.5 Å². The van der Waals surface area contributed by atoms with Crippen LogP contribution in [0, 0.1) is 11.3 Å². The Hall–Kier alpha value is -3.01. The van der Waals surface area contributed by atoms with Gasteiger partial charge in [0, 0.05) is 0 Å². The normalized spacial score (nSPS) is 10.7. The van der Waals surface area contributed by atoms with Crippen LogP contribution >= 0.6 is 0 Å². The van der Waals surface area contributed by atoms with Gasteiger partial charge in [-0.15, -0.1) is 0 Å². The van der Waals surface area contributed by atoms with E-state index >= 15 is 0 Å². The summed E-state index contributed by atoms with van der Waals surface area (Å²) in [5, 5.41) is 10.7. The fourth-order valence-electron chi connectivity index (χ4n) is 1.83. The van der Waals surface area contributed by atoms with Crippen LogP contribution in [0.3, 0.4) is 0 Å². The number of hydrogen-bond acceptors (Lipinski definition) is 3. The maximum atomic E-state index is 13.0. The summed E-state index contributed by atoms with van der Waals surface area (Å²) >= 11 is 0. The highest BCUT2D eigenvalue weighted by Crippen LogP contribution is 2.35. The zero-order valence-corrected chi connectivity index (χ0v) is 11.7. The van der Waals surface area contributed by atoms with Gasteiger partial charge < -0.3 is 4.74 Å². The Kier molecular flexibility index (Phi) is 4.86. The Labute approximate surface area is 130 Å². The zero-order chi connectivity index (χ0) is 16.9. The summed E-state index contributed by atoms with van der Waals surface area (Å²) in [6.45, 7) is -0.0652. The van der Waals surface area contributed by atoms with Gasteiger partial charge in [-0.05, 0) is 23.8 Å². The molecule has 7 heteroatoms. The number of nitrogens with zero attached hydrogens (tertiary/aromatic N) is 1. The molecule has 1 N–H and O–H groups in total. The topological polar surface area (TPSA) is 62.1 Å². The van der Waals surface area contributed by atoms with Crippen molar-refractivity contribution in [3.8, 4) is 6.07 Å². The number of ether oxygens (including phenoxy) is 1. The number of anilines is 1. The van der Waals surface area contributed by atoms with Crippen molar-refractivity contribution in [1.29, 1.82) is 5.26 Å². The summed E-state index contributed by atoms with van der Waals surface area (Å²) in [5.74, 6) is 0. The molecule has 118 valence electrons. The number of rotatable bonds is 3. The maximum Gasteiger partial charge on any atom is 0.418 e. The van der Waals surface area contributed by atoms with Crippen LogP contribution < -0.4 is 5.32 Å². The van der Waals surface area contributed by atoms with Crippen LogP contribution in [0.5, 0.6) is 0 Å². The lowest BCUT2D eigenvalue weighted by Gasteiger charge is -2.14. The lowest BCUT2D eigenvalue weighted by atomic mass is 10.1. The Morgan fingerprint density at radius 3 is 2.48 bits per heavy atom. The van der Waals surface area contributed by atoms with Crippen LogP contribution in [0.2, 0.25) is 0 Å². The highest BCUT2D eigenvalue weighted by Gasteiger charge is 2.34. The van der Waals surface area contributed by atoms with Crippen LogP contribution in [-0.4, -0.2) is 6.09 Å². The van der Waals surface area contributed by atoms with Gasteiger partial charge in [0.25, 0.3) is 0 Å². The standard InChI is InChI=1S/C16H11F3N2O2/c17-16(18,19)13-8-12(9-20)6-7-14(13)21-15(22)23-10-11-4-2-1-3-5-11/h1-8H,10H2,(H,21,22). The van der Waals surface area contributed by atoms with Crippen LogP contribution in [0.1, 0.15) is 16.7 Å². The molecule has 0 atom stereocenters. The second-order valence-electron chi connectivity index (χ2n) is 4.56. The van der Waals surface area contributed by atoms with Crippen LogP contribution in [0.25, 0.3) is 0 Å². The number of alkyl halides is 3. The average Bonchev–Trinajstić information content (AvgIpc) is 2.53. The van der Waals surface area contributed by atoms with Gasteiger partial charge in [0.05, 0.1) is 22.9 Å². The maximum absolute atomic E-state index is 13.0. The molecule has 0 saturated heterocycles. The summed E-state index contributed by atoms with van der Waals surface area (Å²) in [5.41, 5.74) is -1.01. The molecule has 0 aromatic heterocycles. The van der Waals surface area contributed by atoms with Crippen molar-refractivity contribution in [2.45, 2.75) is 12.8 Å². The molecule has 0 heterocycles. The van der Waals surface area contributed by atoms with E-state index < -0.39 is 23.5 Å². The molecular weight excluding hydrogens is 309 g/mol. The molecule has 0 spiro atoms. The SMILES string of the molecule is N#Cc1ccc(NC(=O)OCc2ccccc2)c(C(F)(F)F)c1. The van der Waals surface area contributed by atoms with E-state index in [0.29, 0.717) is 11.6 Å².